The molecule has 3 nitrogen and oxygen atoms in total. The Morgan fingerprint density at radius 2 is 2.25 bits per heavy atom. The molecule has 0 aromatic heterocycles. The van der Waals surface area contributed by atoms with Crippen LogP contribution >= 0.6 is 11.6 Å². The molecule has 0 radical (unpaired) electrons. The van der Waals surface area contributed by atoms with E-state index in [1.54, 1.807) is 6.07 Å². The van der Waals surface area contributed by atoms with Crippen LogP contribution in [0.25, 0.3) is 0 Å². The van der Waals surface area contributed by atoms with Crippen molar-refractivity contribution in [1.29, 1.82) is 5.26 Å². The van der Waals surface area contributed by atoms with E-state index in [9.17, 15) is 0 Å². The maximum atomic E-state index is 9.02. The third kappa shape index (κ3) is 3.41. The van der Waals surface area contributed by atoms with Crippen molar-refractivity contribution in [3.05, 3.63) is 28.8 Å². The normalized spacial score (nSPS) is 9.88. The average molecular weight is 238 g/mol. The van der Waals surface area contributed by atoms with Gasteiger partial charge in [0.15, 0.2) is 0 Å². The highest BCUT2D eigenvalue weighted by Crippen LogP contribution is 2.22. The summed E-state index contributed by atoms with van der Waals surface area (Å²) in [7, 11) is 3.92. The van der Waals surface area contributed by atoms with E-state index in [4.69, 9.17) is 16.9 Å². The fourth-order valence-electron chi connectivity index (χ4n) is 1.54. The molecule has 0 unspecified atom stereocenters. The fourth-order valence-corrected chi connectivity index (χ4v) is 1.72. The van der Waals surface area contributed by atoms with Crippen LogP contribution in [-0.2, 0) is 0 Å². The van der Waals surface area contributed by atoms with Crippen LogP contribution in [0.1, 0.15) is 12.0 Å². The molecule has 0 saturated carbocycles. The third-order valence-corrected chi connectivity index (χ3v) is 2.65. The van der Waals surface area contributed by atoms with Gasteiger partial charge in [0.1, 0.15) is 6.07 Å². The molecule has 0 bridgehead atoms. The van der Waals surface area contributed by atoms with Crippen molar-refractivity contribution in [3.8, 4) is 6.07 Å². The van der Waals surface area contributed by atoms with Gasteiger partial charge in [0.2, 0.25) is 0 Å². The Labute approximate surface area is 102 Å². The molecule has 0 aliphatic rings. The van der Waals surface area contributed by atoms with Gasteiger partial charge >= 0.3 is 0 Å². The number of nitrogens with one attached hydrogen (secondary N) is 1. The SMILES string of the molecule is CNCCCN(C)c1ccc(Cl)cc1C#N. The average Bonchev–Trinajstić information content (AvgIpc) is 2.29. The van der Waals surface area contributed by atoms with Gasteiger partial charge < -0.3 is 10.2 Å². The Morgan fingerprint density at radius 1 is 1.50 bits per heavy atom. The molecule has 16 heavy (non-hydrogen) atoms. The number of benzene rings is 1. The van der Waals surface area contributed by atoms with Crippen molar-refractivity contribution in [2.75, 3.05) is 32.1 Å². The number of hydrogen-bond donors (Lipinski definition) is 1. The lowest BCUT2D eigenvalue weighted by Gasteiger charge is -2.20. The van der Waals surface area contributed by atoms with Gasteiger partial charge in [0.05, 0.1) is 11.3 Å². The smallest absolute Gasteiger partial charge is 0.101 e. The van der Waals surface area contributed by atoms with Gasteiger partial charge in [-0.05, 0) is 38.2 Å². The molecule has 0 aliphatic carbocycles. The number of nitrogens with zero attached hydrogens (tertiary/aromatic N) is 2. The maximum Gasteiger partial charge on any atom is 0.101 e. The van der Waals surface area contributed by atoms with Crippen molar-refractivity contribution < 1.29 is 0 Å². The predicted molar refractivity (Wildman–Crippen MR) is 68.0 cm³/mol. The van der Waals surface area contributed by atoms with Gasteiger partial charge in [-0.25, -0.2) is 0 Å². The predicted octanol–water partition coefficient (Wildman–Crippen LogP) is 2.26. The summed E-state index contributed by atoms with van der Waals surface area (Å²) in [5.74, 6) is 0. The molecule has 0 atom stereocenters. The largest absolute Gasteiger partial charge is 0.373 e. The second kappa shape index (κ2) is 6.37. The van der Waals surface area contributed by atoms with Crippen LogP contribution in [-0.4, -0.2) is 27.2 Å². The van der Waals surface area contributed by atoms with Crippen LogP contribution in [0.5, 0.6) is 0 Å². The van der Waals surface area contributed by atoms with Gasteiger partial charge in [-0.15, -0.1) is 0 Å². The minimum atomic E-state index is 0.601. The van der Waals surface area contributed by atoms with Crippen LogP contribution in [0.3, 0.4) is 0 Å². The number of nitriles is 1. The quantitative estimate of drug-likeness (QED) is 0.799. The summed E-state index contributed by atoms with van der Waals surface area (Å²) in [5, 5.41) is 12.7. The zero-order valence-electron chi connectivity index (χ0n) is 9.63. The number of rotatable bonds is 5. The van der Waals surface area contributed by atoms with E-state index in [1.165, 1.54) is 0 Å². The zero-order valence-corrected chi connectivity index (χ0v) is 10.4. The van der Waals surface area contributed by atoms with E-state index >= 15 is 0 Å². The number of anilines is 1. The molecule has 1 N–H and O–H groups in total. The van der Waals surface area contributed by atoms with Crippen molar-refractivity contribution >= 4 is 17.3 Å². The molecule has 1 aromatic carbocycles. The molecule has 0 fully saturated rings. The van der Waals surface area contributed by atoms with Crippen LogP contribution in [0.4, 0.5) is 5.69 Å². The van der Waals surface area contributed by atoms with Crippen molar-refractivity contribution in [1.82, 2.24) is 5.32 Å². The molecule has 0 aliphatic heterocycles. The highest BCUT2D eigenvalue weighted by Gasteiger charge is 2.07. The minimum absolute atomic E-state index is 0.601. The highest BCUT2D eigenvalue weighted by atomic mass is 35.5. The van der Waals surface area contributed by atoms with E-state index in [0.717, 1.165) is 25.2 Å². The summed E-state index contributed by atoms with van der Waals surface area (Å²) in [6.45, 7) is 1.89. The van der Waals surface area contributed by atoms with Crippen LogP contribution in [0.15, 0.2) is 18.2 Å². The molecule has 0 saturated heterocycles. The third-order valence-electron chi connectivity index (χ3n) is 2.41. The molecular weight excluding hydrogens is 222 g/mol. The lowest BCUT2D eigenvalue weighted by atomic mass is 10.1. The van der Waals surface area contributed by atoms with Crippen LogP contribution < -0.4 is 10.2 Å². The first kappa shape index (κ1) is 12.8. The Kier molecular flexibility index (Phi) is 5.10. The molecular formula is C12H16ClN3. The minimum Gasteiger partial charge on any atom is -0.373 e. The van der Waals surface area contributed by atoms with Crippen molar-refractivity contribution in [3.63, 3.8) is 0 Å². The monoisotopic (exact) mass is 237 g/mol. The Balaban J connectivity index is 2.75. The zero-order chi connectivity index (χ0) is 12.0. The lowest BCUT2D eigenvalue weighted by molar-refractivity contribution is 0.712. The summed E-state index contributed by atoms with van der Waals surface area (Å²) in [4.78, 5) is 2.08. The van der Waals surface area contributed by atoms with Gasteiger partial charge in [-0.1, -0.05) is 11.6 Å². The van der Waals surface area contributed by atoms with Gasteiger partial charge in [-0.3, -0.25) is 0 Å². The first-order chi connectivity index (χ1) is 7.69. The highest BCUT2D eigenvalue weighted by molar-refractivity contribution is 6.30. The Morgan fingerprint density at radius 3 is 2.88 bits per heavy atom. The van der Waals surface area contributed by atoms with Crippen molar-refractivity contribution in [2.45, 2.75) is 6.42 Å². The topological polar surface area (TPSA) is 39.1 Å². The van der Waals surface area contributed by atoms with Gasteiger partial charge in [0.25, 0.3) is 0 Å². The molecule has 0 amide bonds. The van der Waals surface area contributed by atoms with E-state index in [1.807, 2.05) is 26.2 Å². The molecule has 1 rings (SSSR count). The summed E-state index contributed by atoms with van der Waals surface area (Å²) < 4.78 is 0. The second-order valence-corrected chi connectivity index (χ2v) is 4.09. The van der Waals surface area contributed by atoms with Crippen molar-refractivity contribution in [2.24, 2.45) is 0 Å². The lowest BCUT2D eigenvalue weighted by Crippen LogP contribution is -2.22. The van der Waals surface area contributed by atoms with Crippen LogP contribution in [0, 0.1) is 11.3 Å². The van der Waals surface area contributed by atoms with Crippen LogP contribution in [0.2, 0.25) is 5.02 Å². The Hall–Kier alpha value is -1.24. The van der Waals surface area contributed by atoms with E-state index in [0.29, 0.717) is 10.6 Å². The molecule has 0 spiro atoms. The molecule has 1 aromatic rings. The van der Waals surface area contributed by atoms with E-state index in [2.05, 4.69) is 16.3 Å². The number of halogens is 1. The second-order valence-electron chi connectivity index (χ2n) is 3.65. The summed E-state index contributed by atoms with van der Waals surface area (Å²) in [5.41, 5.74) is 1.56. The number of hydrogen-bond acceptors (Lipinski definition) is 3. The summed E-state index contributed by atoms with van der Waals surface area (Å²) >= 11 is 5.85. The standard InChI is InChI=1S/C12H16ClN3/c1-15-6-3-7-16(2)12-5-4-11(13)8-10(12)9-14/h4-5,8,15H,3,6-7H2,1-2H3. The first-order valence-electron chi connectivity index (χ1n) is 5.24. The molecule has 0 heterocycles. The molecule has 4 heteroatoms. The molecule has 86 valence electrons. The van der Waals surface area contributed by atoms with Gasteiger partial charge in [-0.2, -0.15) is 5.26 Å². The first-order valence-corrected chi connectivity index (χ1v) is 5.62. The Bertz CT molecular complexity index is 384. The summed E-state index contributed by atoms with van der Waals surface area (Å²) in [6.07, 6.45) is 1.04. The fraction of sp³-hybridized carbons (Fsp3) is 0.417. The summed E-state index contributed by atoms with van der Waals surface area (Å²) in [6, 6.07) is 7.57. The van der Waals surface area contributed by atoms with Gasteiger partial charge in [0, 0.05) is 18.6 Å². The van der Waals surface area contributed by atoms with E-state index < -0.39 is 0 Å². The maximum absolute atomic E-state index is 9.02. The van der Waals surface area contributed by atoms with E-state index in [-0.39, 0.29) is 0 Å².